The van der Waals surface area contributed by atoms with Crippen molar-refractivity contribution in [3.05, 3.63) is 40.2 Å². The van der Waals surface area contributed by atoms with Crippen LogP contribution in [0.4, 0.5) is 0 Å². The molecule has 2 aromatic rings. The van der Waals surface area contributed by atoms with E-state index in [0.717, 1.165) is 6.42 Å². The van der Waals surface area contributed by atoms with E-state index in [1.165, 1.54) is 12.1 Å². The number of carbonyl (C=O) groups excluding carboxylic acids is 2. The van der Waals surface area contributed by atoms with Crippen molar-refractivity contribution >= 4 is 22.8 Å². The summed E-state index contributed by atoms with van der Waals surface area (Å²) >= 11 is 0. The number of hydrogen-bond donors (Lipinski definition) is 1. The molecule has 0 spiro atoms. The first-order valence-electron chi connectivity index (χ1n) is 8.23. The third kappa shape index (κ3) is 4.47. The van der Waals surface area contributed by atoms with Crippen LogP contribution in [-0.4, -0.2) is 17.9 Å². The zero-order valence-electron chi connectivity index (χ0n) is 15.1. The Balaban J connectivity index is 2.34. The number of carbonyl (C=O) groups is 2. The van der Waals surface area contributed by atoms with Crippen LogP contribution in [0.1, 0.15) is 51.4 Å². The molecule has 1 amide bonds. The Labute approximate surface area is 146 Å². The summed E-state index contributed by atoms with van der Waals surface area (Å²) < 4.78 is 10.5. The van der Waals surface area contributed by atoms with E-state index in [1.54, 1.807) is 32.9 Å². The highest BCUT2D eigenvalue weighted by molar-refractivity contribution is 5.97. The number of benzene rings is 1. The van der Waals surface area contributed by atoms with Gasteiger partial charge in [-0.05, 0) is 52.3 Å². The fourth-order valence-corrected chi connectivity index (χ4v) is 1.98. The second-order valence-electron chi connectivity index (χ2n) is 7.07. The highest BCUT2D eigenvalue weighted by Gasteiger charge is 2.24. The molecule has 0 saturated carbocycles. The van der Waals surface area contributed by atoms with Gasteiger partial charge in [0.25, 0.3) is 5.91 Å². The van der Waals surface area contributed by atoms with Crippen LogP contribution in [0.3, 0.4) is 0 Å². The number of fused-ring (bicyclic) bond motifs is 1. The maximum atomic E-state index is 12.2. The fourth-order valence-electron chi connectivity index (χ4n) is 1.98. The van der Waals surface area contributed by atoms with Gasteiger partial charge in [0.1, 0.15) is 16.9 Å². The SMILES string of the molecule is CCC(C)NC(=O)c1cc2ccc(OC(=O)C(C)(C)C)cc2oc1=O. The molecular formula is C19H23NO5. The summed E-state index contributed by atoms with van der Waals surface area (Å²) in [6.07, 6.45) is 0.757. The number of ether oxygens (including phenoxy) is 1. The molecule has 1 heterocycles. The Hall–Kier alpha value is -2.63. The normalized spacial score (nSPS) is 12.7. The van der Waals surface area contributed by atoms with E-state index in [4.69, 9.17) is 9.15 Å². The topological polar surface area (TPSA) is 85.6 Å². The van der Waals surface area contributed by atoms with Gasteiger partial charge in [0.05, 0.1) is 5.41 Å². The van der Waals surface area contributed by atoms with Crippen molar-refractivity contribution in [1.82, 2.24) is 5.32 Å². The largest absolute Gasteiger partial charge is 0.426 e. The van der Waals surface area contributed by atoms with Gasteiger partial charge in [-0.2, -0.15) is 0 Å². The minimum atomic E-state index is -0.729. The average molecular weight is 345 g/mol. The van der Waals surface area contributed by atoms with Crippen molar-refractivity contribution in [2.45, 2.75) is 47.1 Å². The second-order valence-corrected chi connectivity index (χ2v) is 7.07. The van der Waals surface area contributed by atoms with Crippen LogP contribution in [0, 0.1) is 5.41 Å². The predicted molar refractivity (Wildman–Crippen MR) is 94.8 cm³/mol. The van der Waals surface area contributed by atoms with Crippen LogP contribution in [-0.2, 0) is 4.79 Å². The summed E-state index contributed by atoms with van der Waals surface area (Å²) in [6.45, 7) is 9.04. The average Bonchev–Trinajstić information content (AvgIpc) is 2.52. The van der Waals surface area contributed by atoms with Gasteiger partial charge in [0.2, 0.25) is 0 Å². The van der Waals surface area contributed by atoms with Crippen LogP contribution >= 0.6 is 0 Å². The number of rotatable bonds is 4. The van der Waals surface area contributed by atoms with Crippen LogP contribution in [0.15, 0.2) is 33.5 Å². The first kappa shape index (κ1) is 18.7. The molecule has 0 aliphatic rings. The maximum absolute atomic E-state index is 12.2. The molecule has 0 aliphatic carbocycles. The fraction of sp³-hybridized carbons (Fsp3) is 0.421. The highest BCUT2D eigenvalue weighted by atomic mass is 16.5. The Morgan fingerprint density at radius 3 is 2.52 bits per heavy atom. The van der Waals surface area contributed by atoms with Gasteiger partial charge in [0, 0.05) is 17.5 Å². The van der Waals surface area contributed by atoms with E-state index < -0.39 is 22.9 Å². The van der Waals surface area contributed by atoms with Gasteiger partial charge in [0.15, 0.2) is 0 Å². The zero-order valence-corrected chi connectivity index (χ0v) is 15.1. The van der Waals surface area contributed by atoms with Gasteiger partial charge >= 0.3 is 11.6 Å². The monoisotopic (exact) mass is 345 g/mol. The number of hydrogen-bond acceptors (Lipinski definition) is 5. The first-order chi connectivity index (χ1) is 11.6. The maximum Gasteiger partial charge on any atom is 0.349 e. The molecule has 1 aromatic carbocycles. The van der Waals surface area contributed by atoms with Crippen molar-refractivity contribution < 1.29 is 18.7 Å². The number of amides is 1. The quantitative estimate of drug-likeness (QED) is 0.522. The predicted octanol–water partition coefficient (Wildman–Crippen LogP) is 3.27. The number of nitrogens with one attached hydrogen (secondary N) is 1. The van der Waals surface area contributed by atoms with E-state index in [0.29, 0.717) is 5.39 Å². The minimum absolute atomic E-state index is 0.0400. The molecule has 6 heteroatoms. The van der Waals surface area contributed by atoms with Gasteiger partial charge in [-0.1, -0.05) is 6.92 Å². The molecular weight excluding hydrogens is 322 g/mol. The summed E-state index contributed by atoms with van der Waals surface area (Å²) in [5, 5.41) is 3.31. The molecule has 0 fully saturated rings. The summed E-state index contributed by atoms with van der Waals surface area (Å²) in [5.74, 6) is -0.570. The van der Waals surface area contributed by atoms with Crippen LogP contribution in [0.5, 0.6) is 5.75 Å². The van der Waals surface area contributed by atoms with Crippen molar-refractivity contribution in [2.24, 2.45) is 5.41 Å². The molecule has 0 saturated heterocycles. The van der Waals surface area contributed by atoms with Crippen LogP contribution in [0.2, 0.25) is 0 Å². The Kier molecular flexibility index (Phi) is 5.30. The lowest BCUT2D eigenvalue weighted by Gasteiger charge is -2.16. The number of esters is 1. The summed E-state index contributed by atoms with van der Waals surface area (Å²) in [4.78, 5) is 36.2. The molecule has 0 radical (unpaired) electrons. The lowest BCUT2D eigenvalue weighted by molar-refractivity contribution is -0.142. The summed E-state index contributed by atoms with van der Waals surface area (Å²) in [7, 11) is 0. The second kappa shape index (κ2) is 7.09. The summed E-state index contributed by atoms with van der Waals surface area (Å²) in [6, 6.07) is 6.15. The van der Waals surface area contributed by atoms with Crippen molar-refractivity contribution in [2.75, 3.05) is 0 Å². The molecule has 1 N–H and O–H groups in total. The van der Waals surface area contributed by atoms with E-state index >= 15 is 0 Å². The lowest BCUT2D eigenvalue weighted by atomic mass is 9.97. The molecule has 1 unspecified atom stereocenters. The van der Waals surface area contributed by atoms with Crippen molar-refractivity contribution in [1.29, 1.82) is 0 Å². The molecule has 25 heavy (non-hydrogen) atoms. The van der Waals surface area contributed by atoms with Gasteiger partial charge in [-0.3, -0.25) is 9.59 Å². The molecule has 2 rings (SSSR count). The van der Waals surface area contributed by atoms with Crippen LogP contribution in [0.25, 0.3) is 11.0 Å². The molecule has 0 bridgehead atoms. The van der Waals surface area contributed by atoms with Crippen LogP contribution < -0.4 is 15.7 Å². The van der Waals surface area contributed by atoms with E-state index in [9.17, 15) is 14.4 Å². The third-order valence-electron chi connectivity index (χ3n) is 3.76. The van der Waals surface area contributed by atoms with E-state index in [-0.39, 0.29) is 22.9 Å². The van der Waals surface area contributed by atoms with Gasteiger partial charge in [-0.25, -0.2) is 4.79 Å². The van der Waals surface area contributed by atoms with Gasteiger partial charge in [-0.15, -0.1) is 0 Å². The smallest absolute Gasteiger partial charge is 0.349 e. The third-order valence-corrected chi connectivity index (χ3v) is 3.76. The van der Waals surface area contributed by atoms with Gasteiger partial charge < -0.3 is 14.5 Å². The van der Waals surface area contributed by atoms with Crippen molar-refractivity contribution in [3.8, 4) is 5.75 Å². The van der Waals surface area contributed by atoms with E-state index in [2.05, 4.69) is 5.32 Å². The Morgan fingerprint density at radius 1 is 1.24 bits per heavy atom. The Bertz CT molecular complexity index is 860. The standard InChI is InChI=1S/C19H23NO5/c1-6-11(2)20-16(21)14-9-12-7-8-13(10-15(12)25-17(14)22)24-18(23)19(3,4)5/h7-11H,6H2,1-5H3,(H,20,21). The summed E-state index contributed by atoms with van der Waals surface area (Å²) in [5.41, 5.74) is -1.17. The Morgan fingerprint density at radius 2 is 1.92 bits per heavy atom. The highest BCUT2D eigenvalue weighted by Crippen LogP contribution is 2.23. The molecule has 0 aliphatic heterocycles. The lowest BCUT2D eigenvalue weighted by Crippen LogP contribution is -2.34. The molecule has 1 atom stereocenters. The molecule has 134 valence electrons. The first-order valence-corrected chi connectivity index (χ1v) is 8.23. The van der Waals surface area contributed by atoms with Crippen molar-refractivity contribution in [3.63, 3.8) is 0 Å². The molecule has 6 nitrogen and oxygen atoms in total. The van der Waals surface area contributed by atoms with E-state index in [1.807, 2.05) is 13.8 Å². The molecule has 1 aromatic heterocycles. The minimum Gasteiger partial charge on any atom is -0.426 e. The zero-order chi connectivity index (χ0) is 18.8.